The number of aromatic nitrogens is 3. The van der Waals surface area contributed by atoms with E-state index in [1.165, 1.54) is 29.5 Å². The van der Waals surface area contributed by atoms with Crippen molar-refractivity contribution in [2.45, 2.75) is 37.4 Å². The lowest BCUT2D eigenvalue weighted by Crippen LogP contribution is -2.20. The van der Waals surface area contributed by atoms with E-state index in [1.807, 2.05) is 30.3 Å². The summed E-state index contributed by atoms with van der Waals surface area (Å²) in [6.45, 7) is 6.69. The van der Waals surface area contributed by atoms with Gasteiger partial charge in [-0.1, -0.05) is 62.9 Å². The van der Waals surface area contributed by atoms with Gasteiger partial charge in [0.25, 0.3) is 0 Å². The molecule has 0 spiro atoms. The number of aliphatic hydroxyl groups is 1. The van der Waals surface area contributed by atoms with Crippen LogP contribution < -0.4 is 4.74 Å². The molecule has 1 atom stereocenters. The second-order valence-corrected chi connectivity index (χ2v) is 8.93. The molecule has 0 bridgehead atoms. The van der Waals surface area contributed by atoms with Gasteiger partial charge < -0.3 is 9.84 Å². The maximum absolute atomic E-state index is 12.9. The number of hydrogen-bond donors (Lipinski definition) is 2. The summed E-state index contributed by atoms with van der Waals surface area (Å²) in [4.78, 5) is 4.35. The van der Waals surface area contributed by atoms with E-state index in [4.69, 9.17) is 4.74 Å². The number of thioether (sulfide) groups is 1. The molecule has 0 aliphatic carbocycles. The molecule has 30 heavy (non-hydrogen) atoms. The Labute approximate surface area is 180 Å². The third-order valence-corrected chi connectivity index (χ3v) is 5.35. The van der Waals surface area contributed by atoms with Crippen LogP contribution >= 0.6 is 11.8 Å². The van der Waals surface area contributed by atoms with Gasteiger partial charge in [-0.15, -0.1) is 5.10 Å². The molecule has 0 saturated heterocycles. The van der Waals surface area contributed by atoms with Crippen LogP contribution in [0.25, 0.3) is 12.2 Å². The average molecular weight is 428 g/mol. The van der Waals surface area contributed by atoms with Gasteiger partial charge in [0.15, 0.2) is 0 Å². The molecule has 5 nitrogen and oxygen atoms in total. The molecule has 0 aliphatic rings. The average Bonchev–Trinajstić information content (AvgIpc) is 3.18. The summed E-state index contributed by atoms with van der Waals surface area (Å²) in [7, 11) is 0. The van der Waals surface area contributed by atoms with Crippen molar-refractivity contribution >= 4 is 23.9 Å². The standard InChI is InChI=1S/C23H26FN3O2S/c1-23(2,3)17-7-11-20(12-8-17)29-14-19(28)15-30-22-25-21(26-27-22)13-6-16-4-9-18(24)10-5-16/h4-13,19,28H,14-15H2,1-3H3,(H,25,26,27)/b13-6+. The Hall–Kier alpha value is -2.64. The zero-order valence-electron chi connectivity index (χ0n) is 17.3. The van der Waals surface area contributed by atoms with Crippen LogP contribution in [0.3, 0.4) is 0 Å². The number of rotatable bonds is 8. The van der Waals surface area contributed by atoms with Crippen LogP contribution in [0.4, 0.5) is 4.39 Å². The van der Waals surface area contributed by atoms with Crippen LogP contribution in [0.2, 0.25) is 0 Å². The summed E-state index contributed by atoms with van der Waals surface area (Å²) in [5.41, 5.74) is 2.20. The molecule has 3 aromatic rings. The van der Waals surface area contributed by atoms with E-state index in [0.29, 0.717) is 16.7 Å². The molecule has 0 aliphatic heterocycles. The van der Waals surface area contributed by atoms with Crippen LogP contribution in [0.1, 0.15) is 37.7 Å². The molecule has 0 amide bonds. The first kappa shape index (κ1) is 22.1. The van der Waals surface area contributed by atoms with Crippen molar-refractivity contribution in [2.24, 2.45) is 0 Å². The second-order valence-electron chi connectivity index (χ2n) is 7.94. The maximum Gasteiger partial charge on any atom is 0.208 e. The van der Waals surface area contributed by atoms with Crippen molar-refractivity contribution in [2.75, 3.05) is 12.4 Å². The van der Waals surface area contributed by atoms with E-state index in [9.17, 15) is 9.50 Å². The molecule has 0 saturated carbocycles. The predicted octanol–water partition coefficient (Wildman–Crippen LogP) is 4.94. The quantitative estimate of drug-likeness (QED) is 0.498. The SMILES string of the molecule is CC(C)(C)c1ccc(OCC(O)CSc2n[nH]c(/C=C/c3ccc(F)cc3)n2)cc1. The largest absolute Gasteiger partial charge is 0.491 e. The Morgan fingerprint density at radius 1 is 1.10 bits per heavy atom. The lowest BCUT2D eigenvalue weighted by Gasteiger charge is -2.19. The Kier molecular flexibility index (Phi) is 7.29. The molecule has 3 rings (SSSR count). The number of aromatic amines is 1. The first-order valence-electron chi connectivity index (χ1n) is 9.70. The molecule has 1 unspecified atom stereocenters. The molecule has 0 radical (unpaired) electrons. The molecule has 1 aromatic heterocycles. The topological polar surface area (TPSA) is 71.0 Å². The van der Waals surface area contributed by atoms with E-state index >= 15 is 0 Å². The lowest BCUT2D eigenvalue weighted by molar-refractivity contribution is 0.126. The zero-order chi connectivity index (χ0) is 21.6. The Morgan fingerprint density at radius 2 is 1.80 bits per heavy atom. The van der Waals surface area contributed by atoms with Crippen LogP contribution in [0.15, 0.2) is 53.7 Å². The minimum absolute atomic E-state index is 0.0955. The molecule has 0 fully saturated rings. The first-order chi connectivity index (χ1) is 14.3. The maximum atomic E-state index is 12.9. The lowest BCUT2D eigenvalue weighted by atomic mass is 9.87. The van der Waals surface area contributed by atoms with E-state index in [2.05, 4.69) is 36.0 Å². The van der Waals surface area contributed by atoms with Gasteiger partial charge in [0, 0.05) is 5.75 Å². The minimum atomic E-state index is -0.644. The Morgan fingerprint density at radius 3 is 2.47 bits per heavy atom. The van der Waals surface area contributed by atoms with E-state index in [-0.39, 0.29) is 17.8 Å². The fourth-order valence-electron chi connectivity index (χ4n) is 2.61. The fourth-order valence-corrected chi connectivity index (χ4v) is 3.32. The highest BCUT2D eigenvalue weighted by atomic mass is 32.2. The van der Waals surface area contributed by atoms with Gasteiger partial charge in [-0.3, -0.25) is 5.10 Å². The zero-order valence-corrected chi connectivity index (χ0v) is 18.1. The highest BCUT2D eigenvalue weighted by Gasteiger charge is 2.13. The van der Waals surface area contributed by atoms with E-state index in [0.717, 1.165) is 11.3 Å². The van der Waals surface area contributed by atoms with E-state index < -0.39 is 6.10 Å². The first-order valence-corrected chi connectivity index (χ1v) is 10.7. The normalized spacial score (nSPS) is 13.0. The highest BCUT2D eigenvalue weighted by Crippen LogP contribution is 2.24. The number of nitrogens with one attached hydrogen (secondary N) is 1. The van der Waals surface area contributed by atoms with E-state index in [1.54, 1.807) is 18.2 Å². The molecule has 2 N–H and O–H groups in total. The molecule has 158 valence electrons. The summed E-state index contributed by atoms with van der Waals surface area (Å²) < 4.78 is 18.6. The van der Waals surface area contributed by atoms with Crippen LogP contribution in [-0.4, -0.2) is 38.8 Å². The van der Waals surface area contributed by atoms with Crippen molar-refractivity contribution in [1.82, 2.24) is 15.2 Å². The van der Waals surface area contributed by atoms with Gasteiger partial charge in [-0.2, -0.15) is 0 Å². The van der Waals surface area contributed by atoms with Crippen LogP contribution in [-0.2, 0) is 5.41 Å². The van der Waals surface area contributed by atoms with Crippen LogP contribution in [0, 0.1) is 5.82 Å². The number of nitrogens with zero attached hydrogens (tertiary/aromatic N) is 2. The van der Waals surface area contributed by atoms with Crippen molar-refractivity contribution < 1.29 is 14.2 Å². The molecule has 2 aromatic carbocycles. The summed E-state index contributed by atoms with van der Waals surface area (Å²) in [5, 5.41) is 17.7. The number of ether oxygens (including phenoxy) is 1. The van der Waals surface area contributed by atoms with Gasteiger partial charge >= 0.3 is 0 Å². The van der Waals surface area contributed by atoms with Crippen molar-refractivity contribution in [3.05, 3.63) is 71.3 Å². The van der Waals surface area contributed by atoms with Crippen molar-refractivity contribution in [3.63, 3.8) is 0 Å². The molecular formula is C23H26FN3O2S. The number of halogens is 1. The Bertz CT molecular complexity index is 963. The van der Waals surface area contributed by atoms with Crippen molar-refractivity contribution in [3.8, 4) is 5.75 Å². The highest BCUT2D eigenvalue weighted by molar-refractivity contribution is 7.99. The van der Waals surface area contributed by atoms with Gasteiger partial charge in [-0.05, 0) is 46.9 Å². The third kappa shape index (κ3) is 6.71. The van der Waals surface area contributed by atoms with Crippen molar-refractivity contribution in [1.29, 1.82) is 0 Å². The second kappa shape index (κ2) is 9.91. The fraction of sp³-hybridized carbons (Fsp3) is 0.304. The summed E-state index contributed by atoms with van der Waals surface area (Å²) in [6.07, 6.45) is 2.95. The number of benzene rings is 2. The van der Waals surface area contributed by atoms with Gasteiger partial charge in [-0.25, -0.2) is 9.37 Å². The molecular weight excluding hydrogens is 401 g/mol. The summed E-state index contributed by atoms with van der Waals surface area (Å²) in [6, 6.07) is 14.1. The number of H-pyrrole nitrogens is 1. The smallest absolute Gasteiger partial charge is 0.208 e. The third-order valence-electron chi connectivity index (χ3n) is 4.35. The molecule has 1 heterocycles. The van der Waals surface area contributed by atoms with Gasteiger partial charge in [0.1, 0.15) is 24.0 Å². The number of hydrogen-bond acceptors (Lipinski definition) is 5. The van der Waals surface area contributed by atoms with Gasteiger partial charge in [0.2, 0.25) is 5.16 Å². The summed E-state index contributed by atoms with van der Waals surface area (Å²) >= 11 is 1.35. The van der Waals surface area contributed by atoms with Crippen LogP contribution in [0.5, 0.6) is 5.75 Å². The molecule has 7 heteroatoms. The number of aliphatic hydroxyl groups excluding tert-OH is 1. The van der Waals surface area contributed by atoms with Gasteiger partial charge in [0.05, 0.1) is 6.10 Å². The minimum Gasteiger partial charge on any atom is -0.491 e. The summed E-state index contributed by atoms with van der Waals surface area (Å²) in [5.74, 6) is 1.47. The Balaban J connectivity index is 1.43. The predicted molar refractivity (Wildman–Crippen MR) is 119 cm³/mol. The monoisotopic (exact) mass is 427 g/mol.